The Morgan fingerprint density at radius 1 is 1.17 bits per heavy atom. The first-order chi connectivity index (χ1) is 13.8. The van der Waals surface area contributed by atoms with E-state index in [2.05, 4.69) is 21.7 Å². The van der Waals surface area contributed by atoms with Crippen molar-refractivity contribution in [2.45, 2.75) is 6.42 Å². The molecule has 1 amide bonds. The van der Waals surface area contributed by atoms with E-state index in [9.17, 15) is 4.79 Å². The molecule has 9 heteroatoms. The third-order valence-electron chi connectivity index (χ3n) is 5.00. The van der Waals surface area contributed by atoms with Gasteiger partial charge in [-0.3, -0.25) is 14.7 Å². The Morgan fingerprint density at radius 2 is 1.93 bits per heavy atom. The molecular formula is C20H32IN5O3. The lowest BCUT2D eigenvalue weighted by molar-refractivity contribution is -0.136. The molecule has 1 N–H and O–H groups in total. The Bertz CT molecular complexity index is 639. The fraction of sp³-hybridized carbons (Fsp3) is 0.600. The quantitative estimate of drug-likeness (QED) is 0.253. The van der Waals surface area contributed by atoms with Crippen molar-refractivity contribution in [3.63, 3.8) is 0 Å². The lowest BCUT2D eigenvalue weighted by Crippen LogP contribution is -2.55. The molecule has 2 fully saturated rings. The topological polar surface area (TPSA) is 73.6 Å². The smallest absolute Gasteiger partial charge is 0.236 e. The number of hydrogen-bond acceptors (Lipinski definition) is 5. The van der Waals surface area contributed by atoms with E-state index in [1.54, 1.807) is 6.26 Å². The summed E-state index contributed by atoms with van der Waals surface area (Å²) in [5.74, 6) is 2.04. The summed E-state index contributed by atoms with van der Waals surface area (Å²) < 4.78 is 10.7. The Balaban J connectivity index is 0.00000300. The van der Waals surface area contributed by atoms with Gasteiger partial charge in [-0.25, -0.2) is 0 Å². The van der Waals surface area contributed by atoms with Gasteiger partial charge in [-0.15, -0.1) is 30.6 Å². The molecule has 3 rings (SSSR count). The van der Waals surface area contributed by atoms with Crippen molar-refractivity contribution in [1.82, 2.24) is 20.0 Å². The number of halogens is 1. The number of rotatable bonds is 7. The second kappa shape index (κ2) is 12.9. The Hall–Kier alpha value is -1.59. The van der Waals surface area contributed by atoms with Gasteiger partial charge in [0.15, 0.2) is 5.96 Å². The van der Waals surface area contributed by atoms with Crippen LogP contribution in [0.1, 0.15) is 5.76 Å². The fourth-order valence-corrected chi connectivity index (χ4v) is 3.38. The average Bonchev–Trinajstić information content (AvgIpc) is 3.25. The van der Waals surface area contributed by atoms with Crippen molar-refractivity contribution in [2.75, 3.05) is 72.1 Å². The van der Waals surface area contributed by atoms with Crippen LogP contribution in [0.5, 0.6) is 0 Å². The van der Waals surface area contributed by atoms with Crippen molar-refractivity contribution >= 4 is 35.8 Å². The number of amides is 1. The van der Waals surface area contributed by atoms with Crippen LogP contribution in [0.25, 0.3) is 0 Å². The molecular weight excluding hydrogens is 485 g/mol. The molecule has 2 aliphatic heterocycles. The van der Waals surface area contributed by atoms with Crippen LogP contribution in [0, 0.1) is 0 Å². The van der Waals surface area contributed by atoms with Gasteiger partial charge in [-0.05, 0) is 12.1 Å². The minimum atomic E-state index is 0. The van der Waals surface area contributed by atoms with E-state index >= 15 is 0 Å². The van der Waals surface area contributed by atoms with Crippen LogP contribution >= 0.6 is 24.0 Å². The predicted molar refractivity (Wildman–Crippen MR) is 124 cm³/mol. The first kappa shape index (κ1) is 23.7. The second-order valence-corrected chi connectivity index (χ2v) is 6.96. The van der Waals surface area contributed by atoms with Crippen LogP contribution in [0.4, 0.5) is 0 Å². The summed E-state index contributed by atoms with van der Waals surface area (Å²) in [5.41, 5.74) is 0. The van der Waals surface area contributed by atoms with Gasteiger partial charge in [0, 0.05) is 58.8 Å². The van der Waals surface area contributed by atoms with Gasteiger partial charge >= 0.3 is 0 Å². The molecule has 8 nitrogen and oxygen atoms in total. The van der Waals surface area contributed by atoms with E-state index in [0.29, 0.717) is 45.9 Å². The third kappa shape index (κ3) is 7.63. The maximum atomic E-state index is 12.4. The van der Waals surface area contributed by atoms with E-state index in [4.69, 9.17) is 14.1 Å². The molecule has 29 heavy (non-hydrogen) atoms. The van der Waals surface area contributed by atoms with Crippen LogP contribution in [-0.2, 0) is 16.0 Å². The number of hydrogen-bond donors (Lipinski definition) is 1. The van der Waals surface area contributed by atoms with Gasteiger partial charge in [0.05, 0.1) is 26.0 Å². The number of nitrogens with zero attached hydrogens (tertiary/aromatic N) is 4. The average molecular weight is 517 g/mol. The van der Waals surface area contributed by atoms with Crippen LogP contribution in [0.15, 0.2) is 40.5 Å². The van der Waals surface area contributed by atoms with Crippen molar-refractivity contribution in [3.8, 4) is 0 Å². The maximum absolute atomic E-state index is 12.4. The summed E-state index contributed by atoms with van der Waals surface area (Å²) >= 11 is 0. The molecule has 0 aliphatic carbocycles. The number of furan rings is 1. The van der Waals surface area contributed by atoms with Gasteiger partial charge in [0.2, 0.25) is 5.91 Å². The van der Waals surface area contributed by atoms with Crippen molar-refractivity contribution in [3.05, 3.63) is 36.8 Å². The van der Waals surface area contributed by atoms with Crippen molar-refractivity contribution in [1.29, 1.82) is 0 Å². The zero-order valence-electron chi connectivity index (χ0n) is 16.9. The Labute approximate surface area is 190 Å². The fourth-order valence-electron chi connectivity index (χ4n) is 3.38. The highest BCUT2D eigenvalue weighted by Gasteiger charge is 2.24. The number of aliphatic imine (C=N–C) groups is 1. The highest BCUT2D eigenvalue weighted by molar-refractivity contribution is 14.0. The Morgan fingerprint density at radius 3 is 2.59 bits per heavy atom. The lowest BCUT2D eigenvalue weighted by Gasteiger charge is -2.37. The van der Waals surface area contributed by atoms with E-state index in [1.807, 2.05) is 23.1 Å². The molecule has 0 atom stereocenters. The molecule has 0 saturated carbocycles. The van der Waals surface area contributed by atoms with Gasteiger partial charge in [0.1, 0.15) is 5.76 Å². The van der Waals surface area contributed by atoms with E-state index in [0.717, 1.165) is 44.3 Å². The molecule has 2 aliphatic rings. The summed E-state index contributed by atoms with van der Waals surface area (Å²) in [6, 6.07) is 3.87. The number of piperazine rings is 1. The molecule has 0 aromatic carbocycles. The molecule has 3 heterocycles. The number of guanidine groups is 1. The summed E-state index contributed by atoms with van der Waals surface area (Å²) in [5, 5.41) is 3.35. The molecule has 0 unspecified atom stereocenters. The first-order valence-corrected chi connectivity index (χ1v) is 10.0. The van der Waals surface area contributed by atoms with Gasteiger partial charge in [-0.1, -0.05) is 6.08 Å². The minimum absolute atomic E-state index is 0. The number of nitrogens with one attached hydrogen (secondary N) is 1. The van der Waals surface area contributed by atoms with Crippen molar-refractivity contribution < 1.29 is 13.9 Å². The third-order valence-corrected chi connectivity index (χ3v) is 5.00. The molecule has 1 aromatic heterocycles. The molecule has 1 aromatic rings. The minimum Gasteiger partial charge on any atom is -0.469 e. The van der Waals surface area contributed by atoms with Gasteiger partial charge < -0.3 is 24.3 Å². The molecule has 162 valence electrons. The van der Waals surface area contributed by atoms with Crippen LogP contribution in [-0.4, -0.2) is 98.7 Å². The molecule has 0 bridgehead atoms. The molecule has 0 spiro atoms. The zero-order chi connectivity index (χ0) is 19.6. The number of carbonyl (C=O) groups is 1. The van der Waals surface area contributed by atoms with Crippen LogP contribution in [0.3, 0.4) is 0 Å². The lowest BCUT2D eigenvalue weighted by atomic mass is 10.3. The number of morpholine rings is 1. The van der Waals surface area contributed by atoms with Crippen LogP contribution < -0.4 is 5.32 Å². The number of ether oxygens (including phenoxy) is 1. The maximum Gasteiger partial charge on any atom is 0.236 e. The summed E-state index contributed by atoms with van der Waals surface area (Å²) in [7, 11) is 0. The molecule has 0 radical (unpaired) electrons. The van der Waals surface area contributed by atoms with Gasteiger partial charge in [-0.2, -0.15) is 0 Å². The van der Waals surface area contributed by atoms with E-state index in [1.165, 1.54) is 0 Å². The highest BCUT2D eigenvalue weighted by atomic mass is 127. The summed E-state index contributed by atoms with van der Waals surface area (Å²) in [4.78, 5) is 23.6. The Kier molecular flexibility index (Phi) is 10.5. The van der Waals surface area contributed by atoms with Crippen LogP contribution in [0.2, 0.25) is 0 Å². The van der Waals surface area contributed by atoms with E-state index in [-0.39, 0.29) is 29.9 Å². The zero-order valence-corrected chi connectivity index (χ0v) is 19.3. The van der Waals surface area contributed by atoms with Crippen molar-refractivity contribution in [2.24, 2.45) is 4.99 Å². The first-order valence-electron chi connectivity index (χ1n) is 10.0. The SMILES string of the molecule is C=CCNC(=NCCc1ccco1)N1CCN(CC(=O)N2CCOCC2)CC1.I. The normalized spacial score (nSPS) is 18.3. The summed E-state index contributed by atoms with van der Waals surface area (Å²) in [6.07, 6.45) is 4.30. The van der Waals surface area contributed by atoms with E-state index < -0.39 is 0 Å². The number of carbonyl (C=O) groups excluding carboxylic acids is 1. The predicted octanol–water partition coefficient (Wildman–Crippen LogP) is 1.05. The molecule has 2 saturated heterocycles. The highest BCUT2D eigenvalue weighted by Crippen LogP contribution is 2.06. The largest absolute Gasteiger partial charge is 0.469 e. The standard InChI is InChI=1S/C20H31N5O3.HI/c1-2-6-21-20(22-7-5-18-4-3-14-28-18)25-10-8-23(9-11-25)17-19(26)24-12-15-27-16-13-24;/h2-4,14H,1,5-13,15-17H2,(H,21,22);1H. The monoisotopic (exact) mass is 517 g/mol. The van der Waals surface area contributed by atoms with Gasteiger partial charge in [0.25, 0.3) is 0 Å². The second-order valence-electron chi connectivity index (χ2n) is 6.96. The summed E-state index contributed by atoms with van der Waals surface area (Å²) in [6.45, 7) is 11.7.